The molecule has 3 atom stereocenters. The molecular formula is C11H18O7. The largest absolute Gasteiger partial charge is 0.481 e. The van der Waals surface area contributed by atoms with E-state index in [2.05, 4.69) is 0 Å². The Labute approximate surface area is 104 Å². The molecule has 0 saturated carbocycles. The number of carboxylic acid groups (broad SMARTS) is 3. The molecule has 0 spiro atoms. The zero-order chi connectivity index (χ0) is 14.5. The highest BCUT2D eigenvalue weighted by molar-refractivity contribution is 5.89. The molecule has 7 nitrogen and oxygen atoms in total. The van der Waals surface area contributed by atoms with Crippen LogP contribution in [0.25, 0.3) is 0 Å². The summed E-state index contributed by atoms with van der Waals surface area (Å²) in [5, 5.41) is 36.5. The van der Waals surface area contributed by atoms with Gasteiger partial charge in [-0.25, -0.2) is 4.79 Å². The molecular weight excluding hydrogens is 244 g/mol. The Morgan fingerprint density at radius 1 is 1.17 bits per heavy atom. The molecule has 0 aromatic carbocycles. The average Bonchev–Trinajstić information content (AvgIpc) is 2.15. The van der Waals surface area contributed by atoms with E-state index in [1.54, 1.807) is 6.92 Å². The van der Waals surface area contributed by atoms with Crippen LogP contribution < -0.4 is 0 Å². The second-order valence-corrected chi connectivity index (χ2v) is 4.38. The van der Waals surface area contributed by atoms with E-state index in [1.165, 1.54) is 6.92 Å². The van der Waals surface area contributed by atoms with E-state index >= 15 is 0 Å². The number of hydrogen-bond donors (Lipinski definition) is 4. The van der Waals surface area contributed by atoms with Crippen molar-refractivity contribution in [2.45, 2.75) is 38.7 Å². The number of aliphatic carboxylic acids is 3. The summed E-state index contributed by atoms with van der Waals surface area (Å²) in [6.07, 6.45) is -0.159. The van der Waals surface area contributed by atoms with Crippen LogP contribution in [0.2, 0.25) is 0 Å². The SMILES string of the molecule is CCCC(C)C(C(=O)O)C(O)(CC(=O)O)C(=O)O. The van der Waals surface area contributed by atoms with Gasteiger partial charge in [-0.15, -0.1) is 0 Å². The molecule has 7 heteroatoms. The maximum Gasteiger partial charge on any atom is 0.337 e. The third-order valence-corrected chi connectivity index (χ3v) is 2.88. The van der Waals surface area contributed by atoms with Gasteiger partial charge in [-0.3, -0.25) is 9.59 Å². The predicted molar refractivity (Wildman–Crippen MR) is 60.0 cm³/mol. The van der Waals surface area contributed by atoms with Crippen molar-refractivity contribution < 1.29 is 34.8 Å². The molecule has 4 N–H and O–H groups in total. The van der Waals surface area contributed by atoms with E-state index in [-0.39, 0.29) is 0 Å². The lowest BCUT2D eigenvalue weighted by atomic mass is 9.75. The molecule has 0 bridgehead atoms. The summed E-state index contributed by atoms with van der Waals surface area (Å²) in [7, 11) is 0. The zero-order valence-electron chi connectivity index (χ0n) is 10.3. The van der Waals surface area contributed by atoms with Gasteiger partial charge in [0.05, 0.1) is 12.3 Å². The summed E-state index contributed by atoms with van der Waals surface area (Å²) < 4.78 is 0. The first kappa shape index (κ1) is 16.4. The Hall–Kier alpha value is -1.63. The van der Waals surface area contributed by atoms with E-state index in [0.29, 0.717) is 12.8 Å². The van der Waals surface area contributed by atoms with Gasteiger partial charge in [-0.1, -0.05) is 26.7 Å². The molecule has 0 fully saturated rings. The van der Waals surface area contributed by atoms with Crippen LogP contribution in [-0.4, -0.2) is 43.9 Å². The van der Waals surface area contributed by atoms with Gasteiger partial charge in [0.2, 0.25) is 0 Å². The van der Waals surface area contributed by atoms with Crippen LogP contribution >= 0.6 is 0 Å². The fraction of sp³-hybridized carbons (Fsp3) is 0.727. The molecule has 0 aliphatic carbocycles. The quantitative estimate of drug-likeness (QED) is 0.498. The number of carboxylic acids is 3. The van der Waals surface area contributed by atoms with Gasteiger partial charge < -0.3 is 20.4 Å². The maximum absolute atomic E-state index is 11.1. The van der Waals surface area contributed by atoms with Crippen LogP contribution in [-0.2, 0) is 14.4 Å². The van der Waals surface area contributed by atoms with Gasteiger partial charge in [-0.05, 0) is 5.92 Å². The van der Waals surface area contributed by atoms with Crippen molar-refractivity contribution in [1.82, 2.24) is 0 Å². The van der Waals surface area contributed by atoms with Crippen LogP contribution in [0.3, 0.4) is 0 Å². The lowest BCUT2D eigenvalue weighted by molar-refractivity contribution is -0.182. The van der Waals surface area contributed by atoms with Crippen molar-refractivity contribution in [1.29, 1.82) is 0 Å². The topological polar surface area (TPSA) is 132 Å². The monoisotopic (exact) mass is 262 g/mol. The molecule has 0 amide bonds. The van der Waals surface area contributed by atoms with Gasteiger partial charge in [-0.2, -0.15) is 0 Å². The average molecular weight is 262 g/mol. The van der Waals surface area contributed by atoms with E-state index < -0.39 is 41.8 Å². The van der Waals surface area contributed by atoms with E-state index in [1.807, 2.05) is 0 Å². The third-order valence-electron chi connectivity index (χ3n) is 2.88. The first-order valence-corrected chi connectivity index (χ1v) is 5.57. The minimum absolute atomic E-state index is 0.381. The number of rotatable bonds is 8. The zero-order valence-corrected chi connectivity index (χ0v) is 10.3. The molecule has 0 aliphatic heterocycles. The predicted octanol–water partition coefficient (Wildman–Crippen LogP) is 0.414. The fourth-order valence-electron chi connectivity index (χ4n) is 2.09. The minimum atomic E-state index is -2.80. The smallest absolute Gasteiger partial charge is 0.337 e. The van der Waals surface area contributed by atoms with Crippen LogP contribution in [0.1, 0.15) is 33.1 Å². The summed E-state index contributed by atoms with van der Waals surface area (Å²) in [5.41, 5.74) is -2.80. The first-order valence-electron chi connectivity index (χ1n) is 5.57. The van der Waals surface area contributed by atoms with Crippen molar-refractivity contribution in [2.24, 2.45) is 11.8 Å². The second-order valence-electron chi connectivity index (χ2n) is 4.38. The highest BCUT2D eigenvalue weighted by atomic mass is 16.4. The van der Waals surface area contributed by atoms with Gasteiger partial charge in [0.25, 0.3) is 0 Å². The van der Waals surface area contributed by atoms with E-state index in [9.17, 15) is 19.5 Å². The van der Waals surface area contributed by atoms with E-state index in [0.717, 1.165) is 0 Å². The molecule has 3 unspecified atom stereocenters. The Morgan fingerprint density at radius 3 is 1.94 bits per heavy atom. The van der Waals surface area contributed by atoms with Gasteiger partial charge in [0, 0.05) is 0 Å². The van der Waals surface area contributed by atoms with Crippen LogP contribution in [0.4, 0.5) is 0 Å². The van der Waals surface area contributed by atoms with Crippen molar-refractivity contribution >= 4 is 17.9 Å². The Kier molecular flexibility index (Phi) is 5.77. The number of aliphatic hydroxyl groups is 1. The third kappa shape index (κ3) is 3.69. The first-order chi connectivity index (χ1) is 8.16. The maximum atomic E-state index is 11.1. The molecule has 104 valence electrons. The normalized spacial score (nSPS) is 17.5. The molecule has 0 aromatic rings. The van der Waals surface area contributed by atoms with Gasteiger partial charge in [0.15, 0.2) is 5.60 Å². The summed E-state index contributed by atoms with van der Waals surface area (Å²) in [6, 6.07) is 0. The number of carbonyl (C=O) groups is 3. The minimum Gasteiger partial charge on any atom is -0.481 e. The summed E-state index contributed by atoms with van der Waals surface area (Å²) in [5.74, 6) is -7.21. The second kappa shape index (κ2) is 6.34. The molecule has 0 aromatic heterocycles. The molecule has 0 rings (SSSR count). The standard InChI is InChI=1S/C11H18O7/c1-3-4-6(2)8(9(14)15)11(18,10(16)17)5-7(12)13/h6,8,18H,3-5H2,1-2H3,(H,12,13)(H,14,15)(H,16,17). The van der Waals surface area contributed by atoms with E-state index in [4.69, 9.17) is 15.3 Å². The molecule has 0 aliphatic rings. The van der Waals surface area contributed by atoms with Crippen molar-refractivity contribution in [3.63, 3.8) is 0 Å². The fourth-order valence-corrected chi connectivity index (χ4v) is 2.09. The van der Waals surface area contributed by atoms with Crippen LogP contribution in [0.15, 0.2) is 0 Å². The van der Waals surface area contributed by atoms with Crippen molar-refractivity contribution in [3.05, 3.63) is 0 Å². The molecule has 0 saturated heterocycles. The molecule has 0 heterocycles. The van der Waals surface area contributed by atoms with Crippen LogP contribution in [0.5, 0.6) is 0 Å². The van der Waals surface area contributed by atoms with Gasteiger partial charge >= 0.3 is 17.9 Å². The summed E-state index contributed by atoms with van der Waals surface area (Å²) in [6.45, 7) is 3.27. The highest BCUT2D eigenvalue weighted by Crippen LogP contribution is 2.31. The summed E-state index contributed by atoms with van der Waals surface area (Å²) in [4.78, 5) is 32.8. The van der Waals surface area contributed by atoms with Crippen molar-refractivity contribution in [2.75, 3.05) is 0 Å². The Morgan fingerprint density at radius 2 is 1.67 bits per heavy atom. The van der Waals surface area contributed by atoms with Gasteiger partial charge in [0.1, 0.15) is 0 Å². The van der Waals surface area contributed by atoms with Crippen molar-refractivity contribution in [3.8, 4) is 0 Å². The molecule has 0 radical (unpaired) electrons. The lowest BCUT2D eigenvalue weighted by Crippen LogP contribution is -2.53. The number of hydrogen-bond acceptors (Lipinski definition) is 4. The Balaban J connectivity index is 5.43. The molecule has 18 heavy (non-hydrogen) atoms. The lowest BCUT2D eigenvalue weighted by Gasteiger charge is -2.32. The van der Waals surface area contributed by atoms with Crippen LogP contribution in [0, 0.1) is 11.8 Å². The summed E-state index contributed by atoms with van der Waals surface area (Å²) >= 11 is 0. The Bertz CT molecular complexity index is 338. The highest BCUT2D eigenvalue weighted by Gasteiger charge is 2.52.